The van der Waals surface area contributed by atoms with E-state index in [2.05, 4.69) is 194 Å². The van der Waals surface area contributed by atoms with Gasteiger partial charge in [0.05, 0.1) is 23.3 Å². The maximum absolute atomic E-state index is 12.9. The molecule has 0 radical (unpaired) electrons. The lowest BCUT2D eigenvalue weighted by Gasteiger charge is -2.35. The number of hydrogen-bond donors (Lipinski definition) is 0. The van der Waals surface area contributed by atoms with E-state index in [1.54, 1.807) is 48.7 Å². The summed E-state index contributed by atoms with van der Waals surface area (Å²) in [5.41, 5.74) is 14.1. The van der Waals surface area contributed by atoms with Crippen LogP contribution in [0.3, 0.4) is 0 Å². The number of alkyl halides is 9. The molecule has 144 heavy (non-hydrogen) atoms. The van der Waals surface area contributed by atoms with E-state index in [1.165, 1.54) is 160 Å². The van der Waals surface area contributed by atoms with Crippen LogP contribution in [0, 0.1) is 61.8 Å². The molecule has 0 amide bonds. The van der Waals surface area contributed by atoms with E-state index < -0.39 is 53.1 Å². The van der Waals surface area contributed by atoms with E-state index >= 15 is 0 Å². The van der Waals surface area contributed by atoms with Crippen molar-refractivity contribution < 1.29 is 75.4 Å². The van der Waals surface area contributed by atoms with Gasteiger partial charge in [0.25, 0.3) is 0 Å². The molecule has 4 unspecified atom stereocenters. The first kappa shape index (κ1) is 122. The predicted octanol–water partition coefficient (Wildman–Crippen LogP) is 40.5. The minimum absolute atomic E-state index is 0.176. The summed E-state index contributed by atoms with van der Waals surface area (Å²) in [5, 5.41) is 2.54. The molecular weight excluding hydrogens is 1910 g/mol. The van der Waals surface area contributed by atoms with Gasteiger partial charge in [-0.1, -0.05) is 344 Å². The highest BCUT2D eigenvalue weighted by Gasteiger charge is 2.35. The molecule has 11 aromatic carbocycles. The Morgan fingerprint density at radius 2 is 0.896 bits per heavy atom. The summed E-state index contributed by atoms with van der Waals surface area (Å²) in [6.45, 7) is 31.1. The zero-order valence-electron chi connectivity index (χ0n) is 86.5. The van der Waals surface area contributed by atoms with Crippen molar-refractivity contribution in [1.29, 1.82) is 0 Å². The van der Waals surface area contributed by atoms with Crippen molar-refractivity contribution in [3.05, 3.63) is 418 Å². The number of rotatable bonds is 19. The van der Waals surface area contributed by atoms with Gasteiger partial charge in [0.15, 0.2) is 11.6 Å². The zero-order valence-corrected chi connectivity index (χ0v) is 88.7. The fourth-order valence-electron chi connectivity index (χ4n) is 16.7. The fraction of sp³-hybridized carbons (Fsp3) is 0.403. The molecule has 2 aromatic heterocycles. The molecule has 0 bridgehead atoms. The minimum atomic E-state index is -4.60. The van der Waals surface area contributed by atoms with Gasteiger partial charge in [-0.3, -0.25) is 0 Å². The molecule has 1 saturated heterocycles. The topological polar surface area (TPSA) is 44.7 Å². The third kappa shape index (κ3) is 45.8. The van der Waals surface area contributed by atoms with E-state index in [-0.39, 0.29) is 5.75 Å². The number of furan rings is 2. The number of halogens is 16. The SMILES string of the molecule is CCC1CC(c2ccccc2)C1.CCC1CCCC(c2ccc(C)cc2)O1.CCC1CCCC(c2ccc(C)o2)C1.CCC1Cc2ccccc2C1.CCCc1ccc(F)c(F)c1.CCCc1cccc(Cl)c1.CCc1ccc(-c2ccccc2)o1.CCc1ccc(C(F)(F)F)c(F)c1.CCc1ccc(C(F)(F)F)cc1F.CCc1ccc(C)c(Cl)c1.CCc1ccc(OC(F)(F)F)cc1.CCc1cccc(Cl)c1. The van der Waals surface area contributed by atoms with Crippen molar-refractivity contribution in [2.45, 2.75) is 307 Å². The second kappa shape index (κ2) is 65.3. The number of ether oxygens (including phenoxy) is 2. The normalized spacial score (nSPS) is 15.9. The van der Waals surface area contributed by atoms with Gasteiger partial charge in [-0.25, -0.2) is 17.6 Å². The number of hydrogen-bond acceptors (Lipinski definition) is 4. The van der Waals surface area contributed by atoms with Crippen LogP contribution in [0.2, 0.25) is 15.1 Å². The highest BCUT2D eigenvalue weighted by molar-refractivity contribution is 6.31. The van der Waals surface area contributed by atoms with Crippen molar-refractivity contribution in [3.63, 3.8) is 0 Å². The minimum Gasteiger partial charge on any atom is -0.466 e. The van der Waals surface area contributed by atoms with Gasteiger partial charge in [0, 0.05) is 33.0 Å². The van der Waals surface area contributed by atoms with E-state index in [9.17, 15) is 57.1 Å². The Morgan fingerprint density at radius 1 is 0.368 bits per heavy atom. The van der Waals surface area contributed by atoms with E-state index in [0.29, 0.717) is 48.2 Å². The van der Waals surface area contributed by atoms with E-state index in [1.807, 2.05) is 100 Å². The average molecular weight is 2060 g/mol. The first-order chi connectivity index (χ1) is 68.8. The Balaban J connectivity index is 0.000000241. The fourth-order valence-corrected chi connectivity index (χ4v) is 17.3. The predicted molar refractivity (Wildman–Crippen MR) is 571 cm³/mol. The van der Waals surface area contributed by atoms with Crippen molar-refractivity contribution in [3.8, 4) is 17.1 Å². The Morgan fingerprint density at radius 3 is 1.39 bits per heavy atom. The van der Waals surface area contributed by atoms with Crippen LogP contribution in [-0.4, -0.2) is 12.5 Å². The molecule has 17 rings (SSSR count). The number of benzene rings is 11. The van der Waals surface area contributed by atoms with Gasteiger partial charge in [0.2, 0.25) is 0 Å². The Bertz CT molecular complexity index is 5680. The summed E-state index contributed by atoms with van der Waals surface area (Å²) in [4.78, 5) is 0. The molecule has 13 aromatic rings. The van der Waals surface area contributed by atoms with Crippen molar-refractivity contribution in [2.75, 3.05) is 0 Å². The molecular formula is C124H148Cl3F13O4. The first-order valence-electron chi connectivity index (χ1n) is 51.1. The maximum atomic E-state index is 12.9. The molecule has 2 saturated carbocycles. The van der Waals surface area contributed by atoms with Crippen LogP contribution in [0.4, 0.5) is 57.1 Å². The number of fused-ring (bicyclic) bond motifs is 1. The summed E-state index contributed by atoms with van der Waals surface area (Å²) in [7, 11) is 0. The monoisotopic (exact) mass is 2050 g/mol. The largest absolute Gasteiger partial charge is 0.573 e. The van der Waals surface area contributed by atoms with Gasteiger partial charge in [-0.2, -0.15) is 26.3 Å². The molecule has 1 aliphatic heterocycles. The summed E-state index contributed by atoms with van der Waals surface area (Å²) < 4.78 is 179. The lowest BCUT2D eigenvalue weighted by molar-refractivity contribution is -0.274. The third-order valence-corrected chi connectivity index (χ3v) is 26.5. The summed E-state index contributed by atoms with van der Waals surface area (Å²) in [5.74, 6) is 5.01. The molecule has 4 atom stereocenters. The van der Waals surface area contributed by atoms with Crippen LogP contribution in [0.1, 0.15) is 298 Å². The molecule has 3 aliphatic carbocycles. The van der Waals surface area contributed by atoms with Gasteiger partial charge < -0.3 is 18.3 Å². The molecule has 20 heteroatoms. The van der Waals surface area contributed by atoms with Crippen LogP contribution >= 0.6 is 34.8 Å². The van der Waals surface area contributed by atoms with Crippen LogP contribution in [-0.2, 0) is 81.3 Å². The van der Waals surface area contributed by atoms with Crippen LogP contribution in [0.5, 0.6) is 5.75 Å². The lowest BCUT2D eigenvalue weighted by atomic mass is 9.70. The standard InChI is InChI=1S/C14H20O.C13H20O.C12H12O.C12H16.C11H14.2C9H11Cl.2C9H8F4.C9H9F3O.C9H10F2.C8H9Cl/c1-3-13-5-4-6-14(15-13)12-9-7-11(2)8-10-12;1-3-11-5-4-6-12(9-11)13-8-7-10(2)14-13;1-2-11-8-9-12(13-11)10-6-4-3-5-7-10;1-2-10-8-12(9-10)11-6-4-3-5-7-11;1-2-9-7-10-5-3-4-6-11(10)8-9;1-3-8-5-4-7(2)9(10)6-8;1-2-4-8-5-3-6-9(10)7-8;1-2-6-3-4-7(5-8(6)10)9(11,12)13;1-2-6-3-4-7(8(10)5-6)9(11,12)13;1-2-7-3-5-8(6-4-7)13-9(10,11)12;1-2-3-7-4-5-8(10)9(11)6-7;1-2-7-4-3-5-8(9)6-7/h7-10,13-14H,3-6H2,1-2H3;7-8,11-12H,3-6,9H2,1-2H3;3-9H,2H2,1H3;3-7,10,12H,2,8-9H2,1H3;3-6,9H,2,7-8H2,1H3;4-6H,3H2,1-2H3;3,5-7H,2,4H2,1H3;2*3-5H,2H2,1H3;3-6H,2H2,1H3;4-6H,2-3H2,1H3;3-6H,2H2,1H3. The van der Waals surface area contributed by atoms with Crippen molar-refractivity contribution >= 4 is 34.8 Å². The van der Waals surface area contributed by atoms with Gasteiger partial charge in [0.1, 0.15) is 40.4 Å². The van der Waals surface area contributed by atoms with Gasteiger partial charge >= 0.3 is 18.7 Å². The Kier molecular flexibility index (Phi) is 55.5. The van der Waals surface area contributed by atoms with E-state index in [4.69, 9.17) is 48.4 Å². The van der Waals surface area contributed by atoms with Gasteiger partial charge in [-0.05, 0) is 323 Å². The first-order valence-corrected chi connectivity index (χ1v) is 52.2. The van der Waals surface area contributed by atoms with Crippen molar-refractivity contribution in [1.82, 2.24) is 0 Å². The lowest BCUT2D eigenvalue weighted by Crippen LogP contribution is -2.21. The highest BCUT2D eigenvalue weighted by atomic mass is 35.5. The van der Waals surface area contributed by atoms with Crippen LogP contribution in [0.15, 0.2) is 288 Å². The van der Waals surface area contributed by atoms with Crippen LogP contribution < -0.4 is 4.74 Å². The molecule has 3 heterocycles. The summed E-state index contributed by atoms with van der Waals surface area (Å²) in [6, 6.07) is 84.5. The quantitative estimate of drug-likeness (QED) is 0.0757. The molecule has 4 nitrogen and oxygen atoms in total. The molecule has 780 valence electrons. The van der Waals surface area contributed by atoms with Crippen LogP contribution in [0.25, 0.3) is 11.3 Å². The van der Waals surface area contributed by atoms with Gasteiger partial charge in [-0.15, -0.1) is 13.2 Å². The molecule has 0 N–H and O–H groups in total. The zero-order chi connectivity index (χ0) is 106. The molecule has 0 spiro atoms. The highest BCUT2D eigenvalue weighted by Crippen LogP contribution is 2.44. The Hall–Kier alpha value is -10.3. The smallest absolute Gasteiger partial charge is 0.466 e. The van der Waals surface area contributed by atoms with E-state index in [0.717, 1.165) is 154 Å². The maximum Gasteiger partial charge on any atom is 0.573 e. The number of aryl methyl sites for hydroxylation is 11. The average Bonchev–Trinajstić information content (AvgIpc) is 1.74. The Labute approximate surface area is 864 Å². The van der Waals surface area contributed by atoms with Crippen molar-refractivity contribution in [2.24, 2.45) is 17.8 Å². The summed E-state index contributed by atoms with van der Waals surface area (Å²) >= 11 is 17.4. The summed E-state index contributed by atoms with van der Waals surface area (Å²) in [6.07, 6.45) is 15.8. The third-order valence-electron chi connectivity index (χ3n) is 25.6. The second-order valence-corrected chi connectivity index (χ2v) is 37.8. The second-order valence-electron chi connectivity index (χ2n) is 36.5. The molecule has 4 aliphatic rings. The molecule has 3 fully saturated rings.